The smallest absolute Gasteiger partial charge is 0.162 e. The van der Waals surface area contributed by atoms with Crippen LogP contribution in [0, 0.1) is 6.92 Å². The highest BCUT2D eigenvalue weighted by atomic mass is 16.5. The topological polar surface area (TPSA) is 47.3 Å². The third-order valence-electron chi connectivity index (χ3n) is 2.40. The lowest BCUT2D eigenvalue weighted by atomic mass is 10.2. The Morgan fingerprint density at radius 3 is 3.29 bits per heavy atom. The first-order chi connectivity index (χ1) is 6.84. The van der Waals surface area contributed by atoms with E-state index < -0.39 is 0 Å². The van der Waals surface area contributed by atoms with Crippen LogP contribution in [0.2, 0.25) is 0 Å². The van der Waals surface area contributed by atoms with Gasteiger partial charge >= 0.3 is 0 Å². The van der Waals surface area contributed by atoms with E-state index in [1.165, 1.54) is 12.8 Å². The summed E-state index contributed by atoms with van der Waals surface area (Å²) in [5.41, 5.74) is 0.905. The van der Waals surface area contributed by atoms with Gasteiger partial charge in [-0.05, 0) is 26.3 Å². The summed E-state index contributed by atoms with van der Waals surface area (Å²) in [5.74, 6) is 0.806. The molecule has 2 heterocycles. The minimum atomic E-state index is 0.527. The molecule has 14 heavy (non-hydrogen) atoms. The molecule has 2 rings (SSSR count). The molecule has 0 saturated carbocycles. The van der Waals surface area contributed by atoms with Gasteiger partial charge in [-0.2, -0.15) is 0 Å². The molecule has 1 N–H and O–H groups in total. The minimum Gasteiger partial charge on any atom is -0.372 e. The maximum Gasteiger partial charge on any atom is 0.162 e. The monoisotopic (exact) mass is 196 g/mol. The molecular weight excluding hydrogens is 180 g/mol. The number of rotatable bonds is 4. The molecule has 4 nitrogen and oxygen atoms in total. The predicted octanol–water partition coefficient (Wildman–Crippen LogP) is 1.25. The molecular formula is C10H16N2O2. The van der Waals surface area contributed by atoms with Crippen LogP contribution in [0.5, 0.6) is 0 Å². The molecule has 1 atom stereocenters. The van der Waals surface area contributed by atoms with E-state index in [-0.39, 0.29) is 0 Å². The second kappa shape index (κ2) is 4.57. The van der Waals surface area contributed by atoms with Gasteiger partial charge in [-0.3, -0.25) is 0 Å². The van der Waals surface area contributed by atoms with E-state index in [0.29, 0.717) is 12.6 Å². The standard InChI is InChI=1S/C10H16N2O2/c1-8-5-10(14-12-8)7-13-6-9-3-2-4-11-9/h5,9,11H,2-4,6-7H2,1H3. The normalized spacial score (nSPS) is 21.6. The fourth-order valence-electron chi connectivity index (χ4n) is 1.69. The Labute approximate surface area is 83.6 Å². The zero-order chi connectivity index (χ0) is 9.80. The number of hydrogen-bond donors (Lipinski definition) is 1. The largest absolute Gasteiger partial charge is 0.372 e. The van der Waals surface area contributed by atoms with Gasteiger partial charge in [0.2, 0.25) is 0 Å². The van der Waals surface area contributed by atoms with Crippen LogP contribution in [0.4, 0.5) is 0 Å². The molecule has 0 amide bonds. The lowest BCUT2D eigenvalue weighted by Gasteiger charge is -2.08. The summed E-state index contributed by atoms with van der Waals surface area (Å²) in [6.45, 7) is 4.32. The van der Waals surface area contributed by atoms with Crippen LogP contribution >= 0.6 is 0 Å². The number of hydrogen-bond acceptors (Lipinski definition) is 4. The number of nitrogens with zero attached hydrogens (tertiary/aromatic N) is 1. The molecule has 1 unspecified atom stereocenters. The van der Waals surface area contributed by atoms with Crippen LogP contribution in [-0.2, 0) is 11.3 Å². The van der Waals surface area contributed by atoms with Gasteiger partial charge in [0, 0.05) is 12.1 Å². The molecule has 1 aliphatic rings. The van der Waals surface area contributed by atoms with Crippen LogP contribution in [0.25, 0.3) is 0 Å². The van der Waals surface area contributed by atoms with Gasteiger partial charge in [-0.15, -0.1) is 0 Å². The highest BCUT2D eigenvalue weighted by Crippen LogP contribution is 2.08. The first-order valence-electron chi connectivity index (χ1n) is 5.08. The molecule has 0 radical (unpaired) electrons. The molecule has 1 aliphatic heterocycles. The van der Waals surface area contributed by atoms with Crippen LogP contribution in [0.15, 0.2) is 10.6 Å². The van der Waals surface area contributed by atoms with Gasteiger partial charge in [0.25, 0.3) is 0 Å². The van der Waals surface area contributed by atoms with E-state index in [1.807, 2.05) is 13.0 Å². The van der Waals surface area contributed by atoms with E-state index >= 15 is 0 Å². The molecule has 78 valence electrons. The van der Waals surface area contributed by atoms with Crippen molar-refractivity contribution in [2.75, 3.05) is 13.2 Å². The van der Waals surface area contributed by atoms with E-state index in [4.69, 9.17) is 9.26 Å². The minimum absolute atomic E-state index is 0.527. The zero-order valence-electron chi connectivity index (χ0n) is 8.45. The molecule has 1 saturated heterocycles. The summed E-state index contributed by atoms with van der Waals surface area (Å²) < 4.78 is 10.6. The van der Waals surface area contributed by atoms with Gasteiger partial charge in [0.05, 0.1) is 12.3 Å². The van der Waals surface area contributed by atoms with E-state index in [1.54, 1.807) is 0 Å². The summed E-state index contributed by atoms with van der Waals surface area (Å²) in [6, 6.07) is 2.43. The van der Waals surface area contributed by atoms with Crippen molar-refractivity contribution < 1.29 is 9.26 Å². The Balaban J connectivity index is 1.67. The lowest BCUT2D eigenvalue weighted by molar-refractivity contribution is 0.0862. The third-order valence-corrected chi connectivity index (χ3v) is 2.40. The van der Waals surface area contributed by atoms with Crippen LogP contribution in [-0.4, -0.2) is 24.4 Å². The van der Waals surface area contributed by atoms with E-state index in [0.717, 1.165) is 24.6 Å². The predicted molar refractivity (Wildman–Crippen MR) is 51.9 cm³/mol. The van der Waals surface area contributed by atoms with Gasteiger partial charge in [0.1, 0.15) is 6.61 Å². The van der Waals surface area contributed by atoms with Crippen LogP contribution in [0.1, 0.15) is 24.3 Å². The highest BCUT2D eigenvalue weighted by molar-refractivity contribution is 5.01. The summed E-state index contributed by atoms with van der Waals surface area (Å²) in [5, 5.41) is 7.17. The van der Waals surface area contributed by atoms with Crippen molar-refractivity contribution in [2.45, 2.75) is 32.4 Å². The Hall–Kier alpha value is -0.870. The number of nitrogens with one attached hydrogen (secondary N) is 1. The number of aromatic nitrogens is 1. The fourth-order valence-corrected chi connectivity index (χ4v) is 1.69. The maximum absolute atomic E-state index is 5.52. The van der Waals surface area contributed by atoms with Crippen molar-refractivity contribution in [2.24, 2.45) is 0 Å². The van der Waals surface area contributed by atoms with Crippen LogP contribution < -0.4 is 5.32 Å². The van der Waals surface area contributed by atoms with Gasteiger partial charge in [0.15, 0.2) is 5.76 Å². The van der Waals surface area contributed by atoms with Crippen LogP contribution in [0.3, 0.4) is 0 Å². The first-order valence-corrected chi connectivity index (χ1v) is 5.08. The first kappa shape index (κ1) is 9.68. The fraction of sp³-hybridized carbons (Fsp3) is 0.700. The third kappa shape index (κ3) is 2.56. The Kier molecular flexibility index (Phi) is 3.16. The maximum atomic E-state index is 5.52. The molecule has 0 aliphatic carbocycles. The summed E-state index contributed by atoms with van der Waals surface area (Å²) in [4.78, 5) is 0. The summed E-state index contributed by atoms with van der Waals surface area (Å²) in [7, 11) is 0. The van der Waals surface area contributed by atoms with Crippen molar-refractivity contribution in [3.8, 4) is 0 Å². The second-order valence-electron chi connectivity index (χ2n) is 3.74. The molecule has 4 heteroatoms. The van der Waals surface area contributed by atoms with Crippen molar-refractivity contribution in [1.82, 2.24) is 10.5 Å². The average molecular weight is 196 g/mol. The van der Waals surface area contributed by atoms with Crippen molar-refractivity contribution >= 4 is 0 Å². The van der Waals surface area contributed by atoms with Gasteiger partial charge in [-0.1, -0.05) is 5.16 Å². The summed E-state index contributed by atoms with van der Waals surface area (Å²) >= 11 is 0. The van der Waals surface area contributed by atoms with Crippen molar-refractivity contribution in [3.63, 3.8) is 0 Å². The molecule has 0 spiro atoms. The Morgan fingerprint density at radius 1 is 1.71 bits per heavy atom. The molecule has 0 bridgehead atoms. The van der Waals surface area contributed by atoms with Gasteiger partial charge < -0.3 is 14.6 Å². The summed E-state index contributed by atoms with van der Waals surface area (Å²) in [6.07, 6.45) is 2.48. The molecule has 1 aromatic rings. The highest BCUT2D eigenvalue weighted by Gasteiger charge is 2.13. The second-order valence-corrected chi connectivity index (χ2v) is 3.74. The molecule has 1 aromatic heterocycles. The quantitative estimate of drug-likeness (QED) is 0.787. The number of ether oxygens (including phenoxy) is 1. The molecule has 1 fully saturated rings. The van der Waals surface area contributed by atoms with Crippen molar-refractivity contribution in [1.29, 1.82) is 0 Å². The SMILES string of the molecule is Cc1cc(COCC2CCCN2)on1. The van der Waals surface area contributed by atoms with Crippen molar-refractivity contribution in [3.05, 3.63) is 17.5 Å². The van der Waals surface area contributed by atoms with E-state index in [9.17, 15) is 0 Å². The van der Waals surface area contributed by atoms with Gasteiger partial charge in [-0.25, -0.2) is 0 Å². The van der Waals surface area contributed by atoms with E-state index in [2.05, 4.69) is 10.5 Å². The average Bonchev–Trinajstić information content (AvgIpc) is 2.77. The Morgan fingerprint density at radius 2 is 2.64 bits per heavy atom. The Bertz CT molecular complexity index is 279. The molecule has 0 aromatic carbocycles. The zero-order valence-corrected chi connectivity index (χ0v) is 8.45. The number of aryl methyl sites for hydroxylation is 1. The lowest BCUT2D eigenvalue weighted by Crippen LogP contribution is -2.26.